The van der Waals surface area contributed by atoms with Crippen molar-refractivity contribution in [3.63, 3.8) is 0 Å². The molecule has 0 radical (unpaired) electrons. The topological polar surface area (TPSA) is 126 Å². The molecule has 0 fully saturated rings. The summed E-state index contributed by atoms with van der Waals surface area (Å²) in [6.45, 7) is 14.9. The maximum atomic E-state index is 13.7. The third kappa shape index (κ3) is 12.1. The van der Waals surface area contributed by atoms with Gasteiger partial charge in [0, 0.05) is 57.1 Å². The maximum absolute atomic E-state index is 13.7. The lowest BCUT2D eigenvalue weighted by atomic mass is 9.85. The van der Waals surface area contributed by atoms with E-state index in [4.69, 9.17) is 14.2 Å². The summed E-state index contributed by atoms with van der Waals surface area (Å²) in [6, 6.07) is 0. The number of nitrogens with one attached hydrogen (secondary N) is 2. The molecule has 0 aromatic heterocycles. The van der Waals surface area contributed by atoms with Crippen LogP contribution in [0.15, 0.2) is 58.5 Å². The van der Waals surface area contributed by atoms with Crippen LogP contribution in [-0.2, 0) is 28.6 Å². The van der Waals surface area contributed by atoms with E-state index in [0.29, 0.717) is 37.3 Å². The van der Waals surface area contributed by atoms with Crippen molar-refractivity contribution >= 4 is 17.5 Å². The monoisotopic (exact) mass is 631 g/mol. The predicted molar refractivity (Wildman–Crippen MR) is 178 cm³/mol. The van der Waals surface area contributed by atoms with Crippen LogP contribution in [0, 0.1) is 11.8 Å². The van der Waals surface area contributed by atoms with Gasteiger partial charge in [-0.15, -0.1) is 0 Å². The molecule has 1 heterocycles. The SMILES string of the molecule is CC.CCOC1/C(C)=C/[C@H](C)C(O)C(OC)C[C@H](C)CC2=C(NCCN(C)C)C(=O)C=C(NC(=O)/C(C)=C/C=C\C1OC)C2=O. The number of aliphatic hydroxyl groups excluding tert-OH is 1. The van der Waals surface area contributed by atoms with E-state index < -0.39 is 36.1 Å². The summed E-state index contributed by atoms with van der Waals surface area (Å²) in [4.78, 5) is 42.0. The van der Waals surface area contributed by atoms with Gasteiger partial charge in [0.2, 0.25) is 11.6 Å². The van der Waals surface area contributed by atoms with E-state index >= 15 is 0 Å². The van der Waals surface area contributed by atoms with Crippen LogP contribution in [0.2, 0.25) is 0 Å². The first-order chi connectivity index (χ1) is 21.3. The molecule has 10 nitrogen and oxygen atoms in total. The number of carbonyl (C=O) groups excluding carboxylic acids is 3. The van der Waals surface area contributed by atoms with Crippen molar-refractivity contribution in [2.24, 2.45) is 11.8 Å². The Labute approximate surface area is 270 Å². The Bertz CT molecular complexity index is 1150. The molecule has 2 aliphatic rings. The smallest absolute Gasteiger partial charge is 0.251 e. The number of likely N-dealkylation sites (N-methyl/N-ethyl adjacent to an activating group) is 1. The number of fused-ring (bicyclic) bond motifs is 2. The third-order valence-electron chi connectivity index (χ3n) is 7.76. The fourth-order valence-corrected chi connectivity index (χ4v) is 5.30. The Morgan fingerprint density at radius 2 is 1.76 bits per heavy atom. The number of allylic oxidation sites excluding steroid dienone is 4. The van der Waals surface area contributed by atoms with E-state index in [2.05, 4.69) is 10.6 Å². The van der Waals surface area contributed by atoms with E-state index in [9.17, 15) is 19.5 Å². The zero-order valence-corrected chi connectivity index (χ0v) is 29.2. The molecule has 0 spiro atoms. The highest BCUT2D eigenvalue weighted by molar-refractivity contribution is 6.23. The van der Waals surface area contributed by atoms with Crippen molar-refractivity contribution in [1.82, 2.24) is 15.5 Å². The number of ketones is 2. The molecule has 0 aromatic rings. The average Bonchev–Trinajstić information content (AvgIpc) is 3.00. The van der Waals surface area contributed by atoms with Gasteiger partial charge in [0.1, 0.15) is 12.2 Å². The Hall–Kier alpha value is -2.89. The van der Waals surface area contributed by atoms with Crippen molar-refractivity contribution in [2.75, 3.05) is 48.0 Å². The van der Waals surface area contributed by atoms with Crippen molar-refractivity contribution in [2.45, 2.75) is 85.7 Å². The van der Waals surface area contributed by atoms with Gasteiger partial charge in [0.25, 0.3) is 5.91 Å². The van der Waals surface area contributed by atoms with Gasteiger partial charge in [-0.05, 0) is 59.2 Å². The molecule has 4 unspecified atom stereocenters. The Morgan fingerprint density at radius 1 is 1.09 bits per heavy atom. The summed E-state index contributed by atoms with van der Waals surface area (Å²) in [7, 11) is 6.99. The van der Waals surface area contributed by atoms with Crippen molar-refractivity contribution in [3.05, 3.63) is 58.5 Å². The second-order valence-corrected chi connectivity index (χ2v) is 11.7. The molecular formula is C35H57N3O7. The summed E-state index contributed by atoms with van der Waals surface area (Å²) >= 11 is 0. The van der Waals surface area contributed by atoms with Crippen LogP contribution < -0.4 is 10.6 Å². The van der Waals surface area contributed by atoms with Crippen molar-refractivity contribution in [1.29, 1.82) is 0 Å². The standard InChI is InChI=1S/C33H51N3O7.C2H6/c1-10-43-32-23(5)18-22(4)30(38)28(42-9)17-20(2)16-24-29(34-14-15-36(6)7)26(37)19-25(31(24)39)35-33(40)21(3)12-11-13-27(32)41-8;1-2/h11-13,18-20,22,27-28,30,32,34,38H,10,14-17H2,1-9H3,(H,35,40);1-2H3/b13-11-,21-12+,23-18+;/t20-,22+,27?,28?,30?,32?;/m1./s1. The first-order valence-corrected chi connectivity index (χ1v) is 16.0. The van der Waals surface area contributed by atoms with Gasteiger partial charge in [-0.25, -0.2) is 0 Å². The molecule has 1 aliphatic carbocycles. The van der Waals surface area contributed by atoms with Crippen LogP contribution in [-0.4, -0.2) is 99.9 Å². The molecular weight excluding hydrogens is 574 g/mol. The highest BCUT2D eigenvalue weighted by Crippen LogP contribution is 2.28. The minimum Gasteiger partial charge on any atom is -0.390 e. The predicted octanol–water partition coefficient (Wildman–Crippen LogP) is 3.88. The van der Waals surface area contributed by atoms with Crippen LogP contribution in [0.25, 0.3) is 0 Å². The van der Waals surface area contributed by atoms with Gasteiger partial charge >= 0.3 is 0 Å². The quantitative estimate of drug-likeness (QED) is 0.270. The number of nitrogens with zero attached hydrogens (tertiary/aromatic N) is 1. The minimum atomic E-state index is -0.834. The lowest BCUT2D eigenvalue weighted by Crippen LogP contribution is -2.38. The number of hydrogen-bond acceptors (Lipinski definition) is 9. The van der Waals surface area contributed by atoms with E-state index in [1.807, 2.05) is 66.6 Å². The number of methoxy groups -OCH3 is 2. The van der Waals surface area contributed by atoms with E-state index in [1.54, 1.807) is 39.4 Å². The number of hydrogen-bond donors (Lipinski definition) is 3. The molecule has 0 saturated heterocycles. The minimum absolute atomic E-state index is 0.0621. The molecule has 10 heteroatoms. The van der Waals surface area contributed by atoms with Gasteiger partial charge in [-0.2, -0.15) is 0 Å². The fraction of sp³-hybridized carbons (Fsp3) is 0.629. The van der Waals surface area contributed by atoms with Crippen molar-refractivity contribution in [3.8, 4) is 0 Å². The lowest BCUT2D eigenvalue weighted by molar-refractivity contribution is -0.120. The second kappa shape index (κ2) is 20.3. The zero-order valence-electron chi connectivity index (χ0n) is 29.2. The van der Waals surface area contributed by atoms with Crippen molar-refractivity contribution < 1.29 is 33.7 Å². The number of carbonyl (C=O) groups is 3. The highest BCUT2D eigenvalue weighted by atomic mass is 16.5. The Balaban J connectivity index is 0.00000496. The summed E-state index contributed by atoms with van der Waals surface area (Å²) in [5, 5.41) is 17.1. The summed E-state index contributed by atoms with van der Waals surface area (Å²) in [5.74, 6) is -1.68. The van der Waals surface area contributed by atoms with Gasteiger partial charge in [-0.1, -0.05) is 52.0 Å². The van der Waals surface area contributed by atoms with Gasteiger partial charge in [0.15, 0.2) is 0 Å². The van der Waals surface area contributed by atoms with Crippen LogP contribution in [0.1, 0.15) is 61.3 Å². The highest BCUT2D eigenvalue weighted by Gasteiger charge is 2.33. The van der Waals surface area contributed by atoms with Crippen LogP contribution in [0.3, 0.4) is 0 Å². The van der Waals surface area contributed by atoms with Crippen LogP contribution in [0.4, 0.5) is 0 Å². The number of Topliss-reactive ketones (excluding diaryl/α,β-unsaturated/α-hetero) is 1. The molecule has 2 bridgehead atoms. The van der Waals surface area contributed by atoms with Crippen LogP contribution >= 0.6 is 0 Å². The third-order valence-corrected chi connectivity index (χ3v) is 7.76. The van der Waals surface area contributed by atoms with Gasteiger partial charge in [-0.3, -0.25) is 14.4 Å². The second-order valence-electron chi connectivity index (χ2n) is 11.7. The zero-order chi connectivity index (χ0) is 34.3. The van der Waals surface area contributed by atoms with E-state index in [1.165, 1.54) is 6.08 Å². The molecule has 6 atom stereocenters. The Morgan fingerprint density at radius 3 is 2.33 bits per heavy atom. The molecule has 254 valence electrons. The summed E-state index contributed by atoms with van der Waals surface area (Å²) in [5.41, 5.74) is 1.73. The molecule has 3 N–H and O–H groups in total. The maximum Gasteiger partial charge on any atom is 0.251 e. The first-order valence-electron chi connectivity index (χ1n) is 16.0. The summed E-state index contributed by atoms with van der Waals surface area (Å²) in [6.07, 6.45) is 6.75. The number of amides is 1. The fourth-order valence-electron chi connectivity index (χ4n) is 5.30. The molecule has 45 heavy (non-hydrogen) atoms. The van der Waals surface area contributed by atoms with E-state index in [-0.39, 0.29) is 35.4 Å². The molecule has 0 aromatic carbocycles. The lowest BCUT2D eigenvalue weighted by Gasteiger charge is -2.30. The molecule has 2 rings (SSSR count). The number of aliphatic hydroxyl groups is 1. The largest absolute Gasteiger partial charge is 0.390 e. The number of rotatable bonds is 8. The summed E-state index contributed by atoms with van der Waals surface area (Å²) < 4.78 is 17.5. The van der Waals surface area contributed by atoms with E-state index in [0.717, 1.165) is 5.57 Å². The van der Waals surface area contributed by atoms with Crippen LogP contribution in [0.5, 0.6) is 0 Å². The Kier molecular flexibility index (Phi) is 18.1. The molecule has 0 saturated carbocycles. The normalized spacial score (nSPS) is 30.3. The van der Waals surface area contributed by atoms with Gasteiger partial charge in [0.05, 0.1) is 23.6 Å². The molecule has 1 amide bonds. The molecule has 1 aliphatic heterocycles. The first kappa shape index (κ1) is 40.1. The van der Waals surface area contributed by atoms with Gasteiger partial charge < -0.3 is 34.9 Å². The average molecular weight is 632 g/mol. The number of ether oxygens (including phenoxy) is 3.